The van der Waals surface area contributed by atoms with Gasteiger partial charge in [-0.2, -0.15) is 0 Å². The van der Waals surface area contributed by atoms with Gasteiger partial charge in [0.2, 0.25) is 0 Å². The molecule has 1 aromatic carbocycles. The van der Waals surface area contributed by atoms with Crippen molar-refractivity contribution in [1.29, 1.82) is 0 Å². The van der Waals surface area contributed by atoms with E-state index in [0.29, 0.717) is 24.2 Å². The number of hydrogen-bond donors (Lipinski definition) is 0. The third-order valence-electron chi connectivity index (χ3n) is 4.49. The molecule has 0 saturated heterocycles. The molecule has 0 spiro atoms. The molecule has 18 heavy (non-hydrogen) atoms. The first-order valence-corrected chi connectivity index (χ1v) is 7.27. The van der Waals surface area contributed by atoms with Crippen LogP contribution in [0.4, 0.5) is 4.39 Å². The van der Waals surface area contributed by atoms with Crippen molar-refractivity contribution in [3.05, 3.63) is 29.6 Å². The molecule has 0 N–H and O–H groups in total. The summed E-state index contributed by atoms with van der Waals surface area (Å²) in [6.45, 7) is 0.665. The zero-order valence-corrected chi connectivity index (χ0v) is 11.1. The summed E-state index contributed by atoms with van der Waals surface area (Å²) in [5.41, 5.74) is 0.793. The van der Waals surface area contributed by atoms with Gasteiger partial charge in [0.05, 0.1) is 6.61 Å². The van der Waals surface area contributed by atoms with E-state index < -0.39 is 0 Å². The Labute approximate surface area is 112 Å². The molecular weight excluding hydrogens is 251 g/mol. The van der Waals surface area contributed by atoms with E-state index >= 15 is 0 Å². The third-order valence-corrected chi connectivity index (χ3v) is 4.80. The normalized spacial score (nSPS) is 29.8. The largest absolute Gasteiger partial charge is 0.490 e. The van der Waals surface area contributed by atoms with E-state index in [4.69, 9.17) is 16.3 Å². The van der Waals surface area contributed by atoms with Gasteiger partial charge in [0.15, 0.2) is 11.6 Å². The minimum atomic E-state index is -0.295. The Kier molecular flexibility index (Phi) is 3.47. The molecule has 0 heterocycles. The lowest BCUT2D eigenvalue weighted by Crippen LogP contribution is -2.18. The van der Waals surface area contributed by atoms with Crippen molar-refractivity contribution in [2.24, 2.45) is 17.8 Å². The number of ether oxygens (including phenoxy) is 1. The average Bonchev–Trinajstić information content (AvgIpc) is 2.99. The van der Waals surface area contributed by atoms with Crippen molar-refractivity contribution >= 4 is 11.6 Å². The van der Waals surface area contributed by atoms with Crippen LogP contribution in [0.5, 0.6) is 5.75 Å². The number of halogens is 2. The van der Waals surface area contributed by atoms with Crippen LogP contribution in [0.2, 0.25) is 0 Å². The molecule has 0 aromatic heterocycles. The molecule has 0 radical (unpaired) electrons. The standard InChI is InChI=1S/C15H18ClFO/c16-8-11-2-4-15(14(17)7-11)18-9-13-6-10-1-3-12(13)5-10/h2,4,7,10,12-13H,1,3,5-6,8-9H2. The van der Waals surface area contributed by atoms with Crippen molar-refractivity contribution in [3.8, 4) is 5.75 Å². The van der Waals surface area contributed by atoms with Crippen LogP contribution in [0, 0.1) is 23.6 Å². The van der Waals surface area contributed by atoms with E-state index in [-0.39, 0.29) is 5.82 Å². The van der Waals surface area contributed by atoms with Gasteiger partial charge in [0.25, 0.3) is 0 Å². The van der Waals surface area contributed by atoms with Crippen molar-refractivity contribution in [2.75, 3.05) is 6.61 Å². The molecule has 3 unspecified atom stereocenters. The fourth-order valence-electron chi connectivity index (χ4n) is 3.52. The summed E-state index contributed by atoms with van der Waals surface area (Å²) in [6.07, 6.45) is 5.36. The minimum Gasteiger partial charge on any atom is -0.490 e. The van der Waals surface area contributed by atoms with Gasteiger partial charge in [0, 0.05) is 5.88 Å². The monoisotopic (exact) mass is 268 g/mol. The molecule has 3 atom stereocenters. The van der Waals surface area contributed by atoms with Crippen molar-refractivity contribution in [1.82, 2.24) is 0 Å². The van der Waals surface area contributed by atoms with Crippen LogP contribution < -0.4 is 4.74 Å². The van der Waals surface area contributed by atoms with Gasteiger partial charge >= 0.3 is 0 Å². The molecule has 3 rings (SSSR count). The number of benzene rings is 1. The number of alkyl halides is 1. The molecule has 98 valence electrons. The first kappa shape index (κ1) is 12.3. The van der Waals surface area contributed by atoms with Crippen LogP contribution in [0.3, 0.4) is 0 Å². The Bertz CT molecular complexity index is 435. The van der Waals surface area contributed by atoms with E-state index in [0.717, 1.165) is 17.4 Å². The van der Waals surface area contributed by atoms with Gasteiger partial charge < -0.3 is 4.74 Å². The highest BCUT2D eigenvalue weighted by Crippen LogP contribution is 2.48. The Morgan fingerprint density at radius 1 is 1.28 bits per heavy atom. The van der Waals surface area contributed by atoms with E-state index in [1.54, 1.807) is 6.07 Å². The van der Waals surface area contributed by atoms with E-state index in [2.05, 4.69) is 0 Å². The Morgan fingerprint density at radius 2 is 2.17 bits per heavy atom. The lowest BCUT2D eigenvalue weighted by Gasteiger charge is -2.21. The van der Waals surface area contributed by atoms with E-state index in [1.165, 1.54) is 31.7 Å². The van der Waals surface area contributed by atoms with E-state index in [1.807, 2.05) is 6.07 Å². The van der Waals surface area contributed by atoms with Crippen molar-refractivity contribution < 1.29 is 9.13 Å². The Balaban J connectivity index is 1.60. The second-order valence-electron chi connectivity index (χ2n) is 5.64. The minimum absolute atomic E-state index is 0.295. The predicted octanol–water partition coefficient (Wildman–Crippen LogP) is 4.38. The topological polar surface area (TPSA) is 9.23 Å². The highest BCUT2D eigenvalue weighted by Gasteiger charge is 2.39. The molecule has 2 bridgehead atoms. The van der Waals surface area contributed by atoms with Gasteiger partial charge in [0.1, 0.15) is 0 Å². The van der Waals surface area contributed by atoms with E-state index in [9.17, 15) is 4.39 Å². The van der Waals surface area contributed by atoms with Crippen LogP contribution in [0.25, 0.3) is 0 Å². The zero-order valence-electron chi connectivity index (χ0n) is 10.4. The number of hydrogen-bond acceptors (Lipinski definition) is 1. The number of rotatable bonds is 4. The van der Waals surface area contributed by atoms with Crippen molar-refractivity contribution in [3.63, 3.8) is 0 Å². The Hall–Kier alpha value is -0.760. The maximum Gasteiger partial charge on any atom is 0.165 e. The zero-order chi connectivity index (χ0) is 12.5. The second kappa shape index (κ2) is 5.08. The van der Waals surface area contributed by atoms with Gasteiger partial charge in [-0.15, -0.1) is 11.6 Å². The summed E-state index contributed by atoms with van der Waals surface area (Å²) >= 11 is 5.67. The molecule has 3 heteroatoms. The first-order valence-electron chi connectivity index (χ1n) is 6.73. The summed E-state index contributed by atoms with van der Waals surface area (Å²) < 4.78 is 19.4. The smallest absolute Gasteiger partial charge is 0.165 e. The van der Waals surface area contributed by atoms with Crippen LogP contribution in [-0.4, -0.2) is 6.61 Å². The fraction of sp³-hybridized carbons (Fsp3) is 0.600. The molecule has 2 fully saturated rings. The molecule has 2 aliphatic rings. The SMILES string of the molecule is Fc1cc(CCl)ccc1OCC1CC2CCC1C2. The fourth-order valence-corrected chi connectivity index (χ4v) is 3.69. The highest BCUT2D eigenvalue weighted by atomic mass is 35.5. The Morgan fingerprint density at radius 3 is 2.78 bits per heavy atom. The predicted molar refractivity (Wildman–Crippen MR) is 70.4 cm³/mol. The van der Waals surface area contributed by atoms with Crippen LogP contribution in [0.1, 0.15) is 31.2 Å². The van der Waals surface area contributed by atoms with Crippen LogP contribution in [0.15, 0.2) is 18.2 Å². The molecule has 2 aliphatic carbocycles. The summed E-state index contributed by atoms with van der Waals surface area (Å²) in [6, 6.07) is 4.98. The highest BCUT2D eigenvalue weighted by molar-refractivity contribution is 6.17. The van der Waals surface area contributed by atoms with Crippen LogP contribution in [-0.2, 0) is 5.88 Å². The quantitative estimate of drug-likeness (QED) is 0.737. The first-order chi connectivity index (χ1) is 8.76. The van der Waals surface area contributed by atoms with Crippen LogP contribution >= 0.6 is 11.6 Å². The summed E-state index contributed by atoms with van der Waals surface area (Å²) in [5, 5.41) is 0. The molecule has 1 aromatic rings. The summed E-state index contributed by atoms with van der Waals surface area (Å²) in [5.74, 6) is 2.77. The molecule has 0 aliphatic heterocycles. The third kappa shape index (κ3) is 2.35. The lowest BCUT2D eigenvalue weighted by molar-refractivity contribution is 0.189. The second-order valence-corrected chi connectivity index (χ2v) is 5.91. The lowest BCUT2D eigenvalue weighted by atomic mass is 9.89. The van der Waals surface area contributed by atoms with Crippen molar-refractivity contribution in [2.45, 2.75) is 31.6 Å². The summed E-state index contributed by atoms with van der Waals surface area (Å²) in [4.78, 5) is 0. The van der Waals surface area contributed by atoms with Gasteiger partial charge in [-0.1, -0.05) is 12.5 Å². The molecular formula is C15H18ClFO. The maximum absolute atomic E-state index is 13.7. The molecule has 1 nitrogen and oxygen atoms in total. The molecule has 0 amide bonds. The van der Waals surface area contributed by atoms with Gasteiger partial charge in [-0.05, 0) is 54.7 Å². The summed E-state index contributed by atoms with van der Waals surface area (Å²) in [7, 11) is 0. The maximum atomic E-state index is 13.7. The number of fused-ring (bicyclic) bond motifs is 2. The van der Waals surface area contributed by atoms with Gasteiger partial charge in [-0.3, -0.25) is 0 Å². The average molecular weight is 269 g/mol. The molecule has 2 saturated carbocycles. The van der Waals surface area contributed by atoms with Gasteiger partial charge in [-0.25, -0.2) is 4.39 Å².